The van der Waals surface area contributed by atoms with Crippen molar-refractivity contribution in [2.75, 3.05) is 36.8 Å². The molecule has 0 aliphatic carbocycles. The molecule has 1 unspecified atom stereocenters. The highest BCUT2D eigenvalue weighted by atomic mass is 19.1. The fourth-order valence-corrected chi connectivity index (χ4v) is 6.37. The van der Waals surface area contributed by atoms with Crippen molar-refractivity contribution in [3.05, 3.63) is 94.1 Å². The average molecular weight is 584 g/mol. The molecular weight excluding hydrogens is 547 g/mol. The lowest BCUT2D eigenvalue weighted by Gasteiger charge is -2.47. The van der Waals surface area contributed by atoms with E-state index in [9.17, 15) is 19.2 Å². The standard InChI is InChI=1S/C33H36FN6O3/c1-21-5-3-4-6-28(21)29-19-23-7-12-30(37-31(23)32(40(29)43)24-13-16-39(20-24)22(2)41)35-27-14-17-38(18-15-27)33(42)36-26-10-8-25(34)9-11-26/h3-12,19,24,27,32H,13-18,20H2,1-2H3,(H,35,37)(H,36,42)/q-1/t24-,32?/m0/s1. The zero-order chi connectivity index (χ0) is 30.1. The topological polar surface area (TPSA) is 104 Å². The maximum Gasteiger partial charge on any atom is 0.321 e. The van der Waals surface area contributed by atoms with E-state index in [0.717, 1.165) is 46.7 Å². The van der Waals surface area contributed by atoms with Crippen LogP contribution in [0.3, 0.4) is 0 Å². The van der Waals surface area contributed by atoms with Gasteiger partial charge in [-0.1, -0.05) is 24.3 Å². The Bertz CT molecular complexity index is 1540. The number of hydroxylamine groups is 2. The second-order valence-electron chi connectivity index (χ2n) is 11.6. The van der Waals surface area contributed by atoms with Gasteiger partial charge in [-0.15, -0.1) is 0 Å². The van der Waals surface area contributed by atoms with E-state index in [0.29, 0.717) is 43.4 Å². The molecule has 2 saturated heterocycles. The fourth-order valence-electron chi connectivity index (χ4n) is 6.37. The van der Waals surface area contributed by atoms with Crippen molar-refractivity contribution in [1.29, 1.82) is 0 Å². The summed E-state index contributed by atoms with van der Waals surface area (Å²) >= 11 is 0. The van der Waals surface area contributed by atoms with Gasteiger partial charge in [-0.05, 0) is 79.8 Å². The Balaban J connectivity index is 1.19. The second-order valence-corrected chi connectivity index (χ2v) is 11.6. The van der Waals surface area contributed by atoms with Gasteiger partial charge < -0.3 is 30.7 Å². The highest BCUT2D eigenvalue weighted by Gasteiger charge is 2.37. The predicted molar refractivity (Wildman–Crippen MR) is 165 cm³/mol. The Morgan fingerprint density at radius 2 is 1.67 bits per heavy atom. The zero-order valence-electron chi connectivity index (χ0n) is 24.4. The third kappa shape index (κ3) is 6.06. The third-order valence-corrected chi connectivity index (χ3v) is 8.79. The van der Waals surface area contributed by atoms with Crippen molar-refractivity contribution >= 4 is 35.2 Å². The first-order valence-corrected chi connectivity index (χ1v) is 14.9. The molecule has 0 spiro atoms. The summed E-state index contributed by atoms with van der Waals surface area (Å²) in [4.78, 5) is 33.4. The smallest absolute Gasteiger partial charge is 0.321 e. The summed E-state index contributed by atoms with van der Waals surface area (Å²) in [5.41, 5.74) is 4.73. The minimum atomic E-state index is -0.516. The van der Waals surface area contributed by atoms with Gasteiger partial charge in [0.05, 0.1) is 11.7 Å². The molecule has 0 radical (unpaired) electrons. The van der Waals surface area contributed by atoms with E-state index >= 15 is 0 Å². The number of nitrogens with zero attached hydrogens (tertiary/aromatic N) is 4. The summed E-state index contributed by atoms with van der Waals surface area (Å²) in [6.07, 6.45) is 4.13. The number of piperidine rings is 1. The Labute approximate surface area is 251 Å². The van der Waals surface area contributed by atoms with Crippen LogP contribution in [-0.2, 0) is 4.79 Å². The predicted octanol–water partition coefficient (Wildman–Crippen LogP) is 5.86. The largest absolute Gasteiger partial charge is 0.758 e. The van der Waals surface area contributed by atoms with Crippen LogP contribution in [0.4, 0.5) is 20.7 Å². The fraction of sp³-hybridized carbons (Fsp3) is 0.364. The van der Waals surface area contributed by atoms with E-state index in [1.807, 2.05) is 54.3 Å². The molecule has 43 heavy (non-hydrogen) atoms. The molecule has 1 aromatic heterocycles. The summed E-state index contributed by atoms with van der Waals surface area (Å²) in [7, 11) is 0. The van der Waals surface area contributed by atoms with E-state index in [1.165, 1.54) is 12.1 Å². The van der Waals surface area contributed by atoms with Gasteiger partial charge in [-0.2, -0.15) is 0 Å². The van der Waals surface area contributed by atoms with Gasteiger partial charge in [0.1, 0.15) is 11.6 Å². The van der Waals surface area contributed by atoms with Gasteiger partial charge in [0.2, 0.25) is 5.91 Å². The van der Waals surface area contributed by atoms with E-state index in [2.05, 4.69) is 10.6 Å². The number of rotatable bonds is 5. The molecule has 4 heterocycles. The monoisotopic (exact) mass is 583 g/mol. The molecular formula is C33H36FN6O3-. The van der Waals surface area contributed by atoms with Gasteiger partial charge >= 0.3 is 6.03 Å². The van der Waals surface area contributed by atoms with Crippen molar-refractivity contribution in [3.63, 3.8) is 0 Å². The Morgan fingerprint density at radius 1 is 0.953 bits per heavy atom. The molecule has 3 aliphatic heterocycles. The Morgan fingerprint density at radius 3 is 2.37 bits per heavy atom. The van der Waals surface area contributed by atoms with Crippen LogP contribution in [0, 0.1) is 23.9 Å². The van der Waals surface area contributed by atoms with E-state index in [4.69, 9.17) is 4.98 Å². The molecule has 224 valence electrons. The van der Waals surface area contributed by atoms with Gasteiger partial charge in [-0.25, -0.2) is 14.2 Å². The lowest BCUT2D eigenvalue weighted by Crippen LogP contribution is -2.44. The molecule has 3 aliphatic rings. The minimum absolute atomic E-state index is 0.0201. The summed E-state index contributed by atoms with van der Waals surface area (Å²) in [6.45, 7) is 5.87. The third-order valence-electron chi connectivity index (χ3n) is 8.79. The van der Waals surface area contributed by atoms with Crippen molar-refractivity contribution in [2.24, 2.45) is 5.92 Å². The summed E-state index contributed by atoms with van der Waals surface area (Å²) in [5.74, 6) is 0.324. The van der Waals surface area contributed by atoms with Crippen molar-refractivity contribution in [2.45, 2.75) is 45.2 Å². The van der Waals surface area contributed by atoms with Crippen LogP contribution in [-0.4, -0.2) is 64.0 Å². The van der Waals surface area contributed by atoms with Crippen LogP contribution in [0.5, 0.6) is 0 Å². The molecule has 2 atom stereocenters. The molecule has 3 amide bonds. The maximum absolute atomic E-state index is 14.1. The van der Waals surface area contributed by atoms with Crippen LogP contribution in [0.2, 0.25) is 0 Å². The lowest BCUT2D eigenvalue weighted by atomic mass is 9.88. The first-order chi connectivity index (χ1) is 20.8. The van der Waals surface area contributed by atoms with Crippen LogP contribution in [0.15, 0.2) is 60.7 Å². The molecule has 2 aromatic carbocycles. The van der Waals surface area contributed by atoms with Crippen LogP contribution in [0.1, 0.15) is 54.6 Å². The average Bonchev–Trinajstić information content (AvgIpc) is 3.49. The maximum atomic E-state index is 14.1. The summed E-state index contributed by atoms with van der Waals surface area (Å²) < 4.78 is 13.2. The normalized spacial score (nSPS) is 20.5. The van der Waals surface area contributed by atoms with Gasteiger partial charge in [0.15, 0.2) is 0 Å². The number of nitrogens with one attached hydrogen (secondary N) is 2. The number of carbonyl (C=O) groups is 2. The number of fused-ring (bicyclic) bond motifs is 1. The number of hydrogen-bond acceptors (Lipinski definition) is 6. The van der Waals surface area contributed by atoms with Crippen molar-refractivity contribution < 1.29 is 14.0 Å². The first kappa shape index (κ1) is 28.7. The molecule has 2 fully saturated rings. The number of halogens is 1. The summed E-state index contributed by atoms with van der Waals surface area (Å²) in [5, 5.41) is 21.5. The van der Waals surface area contributed by atoms with Crippen LogP contribution < -0.4 is 10.6 Å². The van der Waals surface area contributed by atoms with Gasteiger partial charge in [-0.3, -0.25) is 4.79 Å². The molecule has 3 aromatic rings. The SMILES string of the molecule is CC(=O)N1CC[C@H](C2c3nc(NC4CCN(C(=O)Nc5ccc(F)cc5)CC4)ccc3C=C(c3ccccc3C)N2[O-])C1. The summed E-state index contributed by atoms with van der Waals surface area (Å²) in [6, 6.07) is 17.0. The molecule has 9 nitrogen and oxygen atoms in total. The van der Waals surface area contributed by atoms with E-state index in [-0.39, 0.29) is 29.7 Å². The Hall–Kier alpha value is -4.44. The molecule has 0 saturated carbocycles. The number of benzene rings is 2. The van der Waals surface area contributed by atoms with E-state index < -0.39 is 6.04 Å². The number of likely N-dealkylation sites (tertiary alicyclic amines) is 2. The lowest BCUT2D eigenvalue weighted by molar-refractivity contribution is -0.128. The van der Waals surface area contributed by atoms with Crippen molar-refractivity contribution in [1.82, 2.24) is 19.8 Å². The number of aromatic nitrogens is 1. The minimum Gasteiger partial charge on any atom is -0.758 e. The van der Waals surface area contributed by atoms with Gasteiger partial charge in [0.25, 0.3) is 0 Å². The highest BCUT2D eigenvalue weighted by molar-refractivity contribution is 5.89. The first-order valence-electron chi connectivity index (χ1n) is 14.9. The number of urea groups is 1. The Kier molecular flexibility index (Phi) is 8.03. The van der Waals surface area contributed by atoms with E-state index in [1.54, 1.807) is 24.0 Å². The van der Waals surface area contributed by atoms with Crippen LogP contribution >= 0.6 is 0 Å². The molecule has 2 N–H and O–H groups in total. The molecule has 0 bridgehead atoms. The number of aryl methyl sites for hydroxylation is 1. The van der Waals surface area contributed by atoms with Crippen LogP contribution in [0.25, 0.3) is 11.8 Å². The van der Waals surface area contributed by atoms with Gasteiger partial charge in [0, 0.05) is 62.0 Å². The molecule has 6 rings (SSSR count). The number of pyridine rings is 1. The quantitative estimate of drug-likeness (QED) is 0.390. The number of carbonyl (C=O) groups excluding carboxylic acids is 2. The highest BCUT2D eigenvalue weighted by Crippen LogP contribution is 2.44. The van der Waals surface area contributed by atoms with Crippen molar-refractivity contribution in [3.8, 4) is 0 Å². The second kappa shape index (κ2) is 12.0. The number of hydrogen-bond donors (Lipinski definition) is 2. The zero-order valence-corrected chi connectivity index (χ0v) is 24.4. The molecule has 10 heteroatoms. The number of amides is 3. The number of anilines is 2.